The van der Waals surface area contributed by atoms with Gasteiger partial charge in [0.1, 0.15) is 5.82 Å². The summed E-state index contributed by atoms with van der Waals surface area (Å²) in [5, 5.41) is 3.21. The second-order valence-corrected chi connectivity index (χ2v) is 4.82. The molecule has 2 nitrogen and oxygen atoms in total. The lowest BCUT2D eigenvalue weighted by Crippen LogP contribution is -1.92. The Bertz CT molecular complexity index is 394. The highest BCUT2D eigenvalue weighted by Gasteiger charge is 1.95. The third-order valence-electron chi connectivity index (χ3n) is 1.84. The van der Waals surface area contributed by atoms with Crippen LogP contribution in [0.4, 0.5) is 11.5 Å². The molecule has 1 N–H and O–H groups in total. The Hall–Kier alpha value is -0.870. The Labute approximate surface area is 105 Å². The zero-order valence-corrected chi connectivity index (χ0v) is 10.9. The number of anilines is 2. The molecule has 1 aromatic heterocycles. The van der Waals surface area contributed by atoms with Gasteiger partial charge in [-0.1, -0.05) is 15.9 Å². The first kappa shape index (κ1) is 10.6. The molecule has 2 rings (SSSR count). The number of nitrogens with zero attached hydrogens (tertiary/aromatic N) is 1. The standard InChI is InChI=1S/C11H8Br2N2/c12-8-1-4-10(5-2-8)15-11-6-3-9(13)7-14-11/h1-7H,(H,14,15). The first-order valence-corrected chi connectivity index (χ1v) is 5.97. The fraction of sp³-hybridized carbons (Fsp3) is 0. The van der Waals surface area contributed by atoms with Crippen molar-refractivity contribution < 1.29 is 0 Å². The van der Waals surface area contributed by atoms with Gasteiger partial charge in [-0.3, -0.25) is 0 Å². The Kier molecular flexibility index (Phi) is 3.38. The third kappa shape index (κ3) is 3.04. The van der Waals surface area contributed by atoms with Gasteiger partial charge in [0.05, 0.1) is 0 Å². The summed E-state index contributed by atoms with van der Waals surface area (Å²) in [5.41, 5.74) is 1.02. The van der Waals surface area contributed by atoms with Gasteiger partial charge in [0.25, 0.3) is 0 Å². The van der Waals surface area contributed by atoms with Gasteiger partial charge in [-0.15, -0.1) is 0 Å². The minimum atomic E-state index is 0.834. The maximum atomic E-state index is 4.23. The average molecular weight is 328 g/mol. The van der Waals surface area contributed by atoms with Crippen molar-refractivity contribution in [2.75, 3.05) is 5.32 Å². The zero-order valence-electron chi connectivity index (χ0n) is 7.74. The van der Waals surface area contributed by atoms with Crippen LogP contribution in [0.1, 0.15) is 0 Å². The van der Waals surface area contributed by atoms with E-state index in [0.717, 1.165) is 20.5 Å². The van der Waals surface area contributed by atoms with Gasteiger partial charge < -0.3 is 5.32 Å². The second-order valence-electron chi connectivity index (χ2n) is 2.99. The molecule has 0 saturated heterocycles. The van der Waals surface area contributed by atoms with Crippen molar-refractivity contribution in [3.05, 3.63) is 51.5 Å². The van der Waals surface area contributed by atoms with E-state index in [1.165, 1.54) is 0 Å². The van der Waals surface area contributed by atoms with E-state index in [2.05, 4.69) is 42.2 Å². The van der Waals surface area contributed by atoms with Crippen molar-refractivity contribution in [1.29, 1.82) is 0 Å². The molecule has 0 saturated carbocycles. The maximum absolute atomic E-state index is 4.23. The predicted molar refractivity (Wildman–Crippen MR) is 69.4 cm³/mol. The van der Waals surface area contributed by atoms with Crippen LogP contribution in [-0.2, 0) is 0 Å². The molecule has 2 aromatic rings. The van der Waals surface area contributed by atoms with E-state index < -0.39 is 0 Å². The lowest BCUT2D eigenvalue weighted by molar-refractivity contribution is 1.29. The van der Waals surface area contributed by atoms with Crippen molar-refractivity contribution in [3.8, 4) is 0 Å². The summed E-state index contributed by atoms with van der Waals surface area (Å²) in [4.78, 5) is 4.23. The number of benzene rings is 1. The highest BCUT2D eigenvalue weighted by molar-refractivity contribution is 9.10. The molecule has 0 spiro atoms. The van der Waals surface area contributed by atoms with E-state index in [1.807, 2.05) is 36.4 Å². The van der Waals surface area contributed by atoms with Crippen LogP contribution in [0.5, 0.6) is 0 Å². The first-order valence-electron chi connectivity index (χ1n) is 4.38. The Balaban J connectivity index is 2.15. The van der Waals surface area contributed by atoms with Gasteiger partial charge in [0, 0.05) is 20.8 Å². The molecule has 0 atom stereocenters. The van der Waals surface area contributed by atoms with Crippen molar-refractivity contribution in [2.45, 2.75) is 0 Å². The van der Waals surface area contributed by atoms with Crippen LogP contribution in [0.15, 0.2) is 51.5 Å². The molecular weight excluding hydrogens is 320 g/mol. The average Bonchev–Trinajstić information content (AvgIpc) is 2.25. The van der Waals surface area contributed by atoms with Crippen LogP contribution in [0.2, 0.25) is 0 Å². The number of aromatic nitrogens is 1. The lowest BCUT2D eigenvalue weighted by atomic mass is 10.3. The van der Waals surface area contributed by atoms with Crippen LogP contribution >= 0.6 is 31.9 Å². The summed E-state index contributed by atoms with van der Waals surface area (Å²) >= 11 is 6.73. The minimum Gasteiger partial charge on any atom is -0.340 e. The monoisotopic (exact) mass is 326 g/mol. The third-order valence-corrected chi connectivity index (χ3v) is 2.84. The van der Waals surface area contributed by atoms with Crippen LogP contribution < -0.4 is 5.32 Å². The molecule has 76 valence electrons. The van der Waals surface area contributed by atoms with Gasteiger partial charge in [0.2, 0.25) is 0 Å². The highest BCUT2D eigenvalue weighted by atomic mass is 79.9. The fourth-order valence-corrected chi connectivity index (χ4v) is 1.63. The largest absolute Gasteiger partial charge is 0.340 e. The van der Waals surface area contributed by atoms with E-state index in [-0.39, 0.29) is 0 Å². The number of hydrogen-bond donors (Lipinski definition) is 1. The minimum absolute atomic E-state index is 0.834. The molecule has 0 aliphatic heterocycles. The van der Waals surface area contributed by atoms with Gasteiger partial charge in [-0.2, -0.15) is 0 Å². The van der Waals surface area contributed by atoms with Gasteiger partial charge >= 0.3 is 0 Å². The van der Waals surface area contributed by atoms with E-state index in [1.54, 1.807) is 6.20 Å². The zero-order chi connectivity index (χ0) is 10.7. The quantitative estimate of drug-likeness (QED) is 0.887. The SMILES string of the molecule is Brc1ccc(Nc2ccc(Br)cn2)cc1. The molecule has 0 amide bonds. The summed E-state index contributed by atoms with van der Waals surface area (Å²) in [6.07, 6.45) is 1.77. The van der Waals surface area contributed by atoms with Crippen LogP contribution in [0, 0.1) is 0 Å². The molecule has 1 heterocycles. The Morgan fingerprint density at radius 1 is 0.867 bits per heavy atom. The maximum Gasteiger partial charge on any atom is 0.130 e. The molecule has 0 bridgehead atoms. The number of nitrogens with one attached hydrogen (secondary N) is 1. The number of pyridine rings is 1. The summed E-state index contributed by atoms with van der Waals surface area (Å²) < 4.78 is 2.04. The summed E-state index contributed by atoms with van der Waals surface area (Å²) in [5.74, 6) is 0.834. The Morgan fingerprint density at radius 2 is 1.53 bits per heavy atom. The smallest absolute Gasteiger partial charge is 0.130 e. The van der Waals surface area contributed by atoms with E-state index >= 15 is 0 Å². The van der Waals surface area contributed by atoms with Crippen molar-refractivity contribution in [1.82, 2.24) is 4.98 Å². The van der Waals surface area contributed by atoms with Crippen molar-refractivity contribution in [3.63, 3.8) is 0 Å². The molecule has 0 unspecified atom stereocenters. The topological polar surface area (TPSA) is 24.9 Å². The van der Waals surface area contributed by atoms with Crippen molar-refractivity contribution >= 4 is 43.4 Å². The van der Waals surface area contributed by atoms with Crippen LogP contribution in [-0.4, -0.2) is 4.98 Å². The first-order chi connectivity index (χ1) is 7.24. The number of hydrogen-bond acceptors (Lipinski definition) is 2. The predicted octanol–water partition coefficient (Wildman–Crippen LogP) is 4.35. The summed E-state index contributed by atoms with van der Waals surface area (Å²) in [7, 11) is 0. The molecule has 0 fully saturated rings. The lowest BCUT2D eigenvalue weighted by Gasteiger charge is -2.04. The molecule has 4 heteroatoms. The summed E-state index contributed by atoms with van der Waals surface area (Å²) in [6.45, 7) is 0. The second kappa shape index (κ2) is 4.77. The van der Waals surface area contributed by atoms with E-state index in [9.17, 15) is 0 Å². The number of halogens is 2. The highest BCUT2D eigenvalue weighted by Crippen LogP contribution is 2.18. The fourth-order valence-electron chi connectivity index (χ4n) is 1.13. The normalized spacial score (nSPS) is 10.0. The van der Waals surface area contributed by atoms with Crippen LogP contribution in [0.25, 0.3) is 0 Å². The van der Waals surface area contributed by atoms with Gasteiger partial charge in [-0.25, -0.2) is 4.98 Å². The molecule has 0 aliphatic carbocycles. The summed E-state index contributed by atoms with van der Waals surface area (Å²) in [6, 6.07) is 11.8. The van der Waals surface area contributed by atoms with E-state index in [4.69, 9.17) is 0 Å². The molecule has 0 aliphatic rings. The van der Waals surface area contributed by atoms with Gasteiger partial charge in [0.15, 0.2) is 0 Å². The number of rotatable bonds is 2. The van der Waals surface area contributed by atoms with Crippen molar-refractivity contribution in [2.24, 2.45) is 0 Å². The van der Waals surface area contributed by atoms with Crippen LogP contribution in [0.3, 0.4) is 0 Å². The van der Waals surface area contributed by atoms with Gasteiger partial charge in [-0.05, 0) is 52.3 Å². The molecule has 0 radical (unpaired) electrons. The Morgan fingerprint density at radius 3 is 2.13 bits per heavy atom. The molecule has 1 aromatic carbocycles. The molecular formula is C11H8Br2N2. The van der Waals surface area contributed by atoms with E-state index in [0.29, 0.717) is 0 Å². The molecule has 15 heavy (non-hydrogen) atoms.